The molecule has 0 aliphatic heterocycles. The molecular weight excluding hydrogens is 226 g/mol. The van der Waals surface area contributed by atoms with Crippen LogP contribution in [-0.4, -0.2) is 5.91 Å². The number of amides is 1. The van der Waals surface area contributed by atoms with Gasteiger partial charge in [-0.25, -0.2) is 0 Å². The normalized spacial score (nSPS) is 22.2. The Morgan fingerprint density at radius 3 is 2.78 bits per heavy atom. The van der Waals surface area contributed by atoms with E-state index in [4.69, 9.17) is 5.53 Å². The van der Waals surface area contributed by atoms with Gasteiger partial charge in [-0.3, -0.25) is 4.79 Å². The maximum absolute atomic E-state index is 11.4. The summed E-state index contributed by atoms with van der Waals surface area (Å²) in [6.07, 6.45) is 3.86. The predicted octanol–water partition coefficient (Wildman–Crippen LogP) is 3.95. The van der Waals surface area contributed by atoms with E-state index >= 15 is 0 Å². The minimum atomic E-state index is -0.324. The first-order valence-corrected chi connectivity index (χ1v) is 6.10. The van der Waals surface area contributed by atoms with Crippen molar-refractivity contribution in [3.63, 3.8) is 0 Å². The molecule has 0 radical (unpaired) electrons. The standard InChI is InChI=1S/C14H15N3O/c1-2-11(8-10-6-4-3-5-7-10)12-9-13(12)14(18)16-17-15/h3-8,12-13H,2,9H2,1H3/b11-8+. The van der Waals surface area contributed by atoms with Crippen LogP contribution in [0.1, 0.15) is 25.3 Å². The summed E-state index contributed by atoms with van der Waals surface area (Å²) in [6.45, 7) is 2.09. The van der Waals surface area contributed by atoms with Crippen LogP contribution in [0.25, 0.3) is 16.5 Å². The highest BCUT2D eigenvalue weighted by molar-refractivity contribution is 5.83. The molecule has 4 nitrogen and oxygen atoms in total. The van der Waals surface area contributed by atoms with E-state index in [9.17, 15) is 4.79 Å². The maximum atomic E-state index is 11.4. The zero-order chi connectivity index (χ0) is 13.0. The molecule has 1 amide bonds. The zero-order valence-corrected chi connectivity index (χ0v) is 10.3. The highest BCUT2D eigenvalue weighted by Crippen LogP contribution is 2.46. The van der Waals surface area contributed by atoms with Gasteiger partial charge < -0.3 is 0 Å². The van der Waals surface area contributed by atoms with Gasteiger partial charge in [0.15, 0.2) is 0 Å². The van der Waals surface area contributed by atoms with Crippen molar-refractivity contribution in [2.45, 2.75) is 19.8 Å². The average Bonchev–Trinajstić information content (AvgIpc) is 3.18. The van der Waals surface area contributed by atoms with Gasteiger partial charge in [0.1, 0.15) is 0 Å². The summed E-state index contributed by atoms with van der Waals surface area (Å²) in [5, 5.41) is 3.17. The van der Waals surface area contributed by atoms with E-state index in [1.807, 2.05) is 30.3 Å². The number of carbonyl (C=O) groups excluding carboxylic acids is 1. The SMILES string of the molecule is CC/C(=C\c1ccccc1)C1CC1C(=O)N=[N+]=[N-]. The Labute approximate surface area is 106 Å². The molecule has 0 saturated heterocycles. The van der Waals surface area contributed by atoms with Crippen molar-refractivity contribution in [2.75, 3.05) is 0 Å². The van der Waals surface area contributed by atoms with E-state index in [0.717, 1.165) is 18.4 Å². The van der Waals surface area contributed by atoms with E-state index in [0.29, 0.717) is 0 Å². The van der Waals surface area contributed by atoms with E-state index in [1.54, 1.807) is 0 Å². The number of hydrogen-bond acceptors (Lipinski definition) is 1. The van der Waals surface area contributed by atoms with Crippen molar-refractivity contribution in [3.8, 4) is 0 Å². The highest BCUT2D eigenvalue weighted by Gasteiger charge is 2.43. The number of allylic oxidation sites excluding steroid dienone is 1. The number of carbonyl (C=O) groups is 1. The Balaban J connectivity index is 2.10. The molecule has 2 atom stereocenters. The highest BCUT2D eigenvalue weighted by atomic mass is 16.2. The lowest BCUT2D eigenvalue weighted by molar-refractivity contribution is -0.119. The van der Waals surface area contributed by atoms with Gasteiger partial charge in [0, 0.05) is 10.8 Å². The fourth-order valence-electron chi connectivity index (χ4n) is 2.23. The van der Waals surface area contributed by atoms with Crippen LogP contribution < -0.4 is 0 Å². The fourth-order valence-corrected chi connectivity index (χ4v) is 2.23. The molecule has 0 heterocycles. The van der Waals surface area contributed by atoms with E-state index < -0.39 is 0 Å². The van der Waals surface area contributed by atoms with E-state index in [2.05, 4.69) is 23.0 Å². The van der Waals surface area contributed by atoms with Crippen LogP contribution in [0.3, 0.4) is 0 Å². The second kappa shape index (κ2) is 5.52. The molecule has 1 saturated carbocycles. The van der Waals surface area contributed by atoms with Crippen molar-refractivity contribution in [1.82, 2.24) is 0 Å². The summed E-state index contributed by atoms with van der Waals surface area (Å²) in [5.41, 5.74) is 10.7. The van der Waals surface area contributed by atoms with Crippen molar-refractivity contribution in [3.05, 3.63) is 51.9 Å². The Kier molecular flexibility index (Phi) is 3.80. The van der Waals surface area contributed by atoms with Crippen molar-refractivity contribution < 1.29 is 4.79 Å². The van der Waals surface area contributed by atoms with Crippen LogP contribution in [0.15, 0.2) is 41.0 Å². The molecule has 1 aromatic carbocycles. The molecular formula is C14H15N3O. The predicted molar refractivity (Wildman–Crippen MR) is 70.5 cm³/mol. The summed E-state index contributed by atoms with van der Waals surface area (Å²) in [6, 6.07) is 10.1. The zero-order valence-electron chi connectivity index (χ0n) is 10.3. The van der Waals surface area contributed by atoms with Gasteiger partial charge >= 0.3 is 0 Å². The molecule has 0 bridgehead atoms. The third kappa shape index (κ3) is 2.79. The molecule has 0 aromatic heterocycles. The van der Waals surface area contributed by atoms with Crippen LogP contribution in [0.5, 0.6) is 0 Å². The molecule has 2 unspecified atom stereocenters. The third-order valence-electron chi connectivity index (χ3n) is 3.29. The van der Waals surface area contributed by atoms with E-state index in [-0.39, 0.29) is 17.7 Å². The van der Waals surface area contributed by atoms with Crippen LogP contribution in [0.4, 0.5) is 0 Å². The summed E-state index contributed by atoms with van der Waals surface area (Å²) in [5.74, 6) is -0.168. The number of rotatable bonds is 4. The second-order valence-corrected chi connectivity index (χ2v) is 4.46. The smallest absolute Gasteiger partial charge is 0.222 e. The monoisotopic (exact) mass is 241 g/mol. The topological polar surface area (TPSA) is 65.8 Å². The number of benzene rings is 1. The van der Waals surface area contributed by atoms with Gasteiger partial charge in [-0.05, 0) is 35.0 Å². The molecule has 2 rings (SSSR count). The lowest BCUT2D eigenvalue weighted by Crippen LogP contribution is -1.98. The Morgan fingerprint density at radius 2 is 2.17 bits per heavy atom. The maximum Gasteiger partial charge on any atom is 0.222 e. The molecule has 0 spiro atoms. The lowest BCUT2D eigenvalue weighted by Gasteiger charge is -2.03. The lowest BCUT2D eigenvalue weighted by atomic mass is 10.0. The van der Waals surface area contributed by atoms with Crippen molar-refractivity contribution in [1.29, 1.82) is 0 Å². The largest absolute Gasteiger partial charge is 0.292 e. The van der Waals surface area contributed by atoms with Crippen LogP contribution in [0, 0.1) is 11.8 Å². The van der Waals surface area contributed by atoms with Gasteiger partial charge in [0.05, 0.1) is 0 Å². The first-order chi connectivity index (χ1) is 8.76. The Bertz CT molecular complexity index is 515. The van der Waals surface area contributed by atoms with Gasteiger partial charge in [-0.1, -0.05) is 48.9 Å². The van der Waals surface area contributed by atoms with Gasteiger partial charge in [0.25, 0.3) is 0 Å². The molecule has 1 aromatic rings. The van der Waals surface area contributed by atoms with Gasteiger partial charge in [-0.2, -0.15) is 0 Å². The number of hydrogen-bond donors (Lipinski definition) is 0. The molecule has 18 heavy (non-hydrogen) atoms. The van der Waals surface area contributed by atoms with Gasteiger partial charge in [0.2, 0.25) is 5.91 Å². The molecule has 92 valence electrons. The fraction of sp³-hybridized carbons (Fsp3) is 0.357. The van der Waals surface area contributed by atoms with Crippen LogP contribution in [-0.2, 0) is 4.79 Å². The third-order valence-corrected chi connectivity index (χ3v) is 3.29. The molecule has 4 heteroatoms. The Morgan fingerprint density at radius 1 is 1.44 bits per heavy atom. The first kappa shape index (κ1) is 12.4. The summed E-state index contributed by atoms with van der Waals surface area (Å²) >= 11 is 0. The molecule has 1 aliphatic rings. The number of nitrogens with zero attached hydrogens (tertiary/aromatic N) is 3. The van der Waals surface area contributed by atoms with Crippen LogP contribution in [0.2, 0.25) is 0 Å². The summed E-state index contributed by atoms with van der Waals surface area (Å²) < 4.78 is 0. The average molecular weight is 241 g/mol. The summed E-state index contributed by atoms with van der Waals surface area (Å²) in [4.78, 5) is 14.0. The quantitative estimate of drug-likeness (QED) is 0.447. The van der Waals surface area contributed by atoms with Gasteiger partial charge in [-0.15, -0.1) is 0 Å². The number of azide groups is 1. The van der Waals surface area contributed by atoms with Crippen molar-refractivity contribution in [2.24, 2.45) is 17.0 Å². The minimum absolute atomic E-state index is 0.101. The molecule has 0 N–H and O–H groups in total. The summed E-state index contributed by atoms with van der Waals surface area (Å²) in [7, 11) is 0. The minimum Gasteiger partial charge on any atom is -0.292 e. The first-order valence-electron chi connectivity index (χ1n) is 6.10. The van der Waals surface area contributed by atoms with E-state index in [1.165, 1.54) is 5.57 Å². The molecule has 1 aliphatic carbocycles. The van der Waals surface area contributed by atoms with Crippen molar-refractivity contribution >= 4 is 12.0 Å². The second-order valence-electron chi connectivity index (χ2n) is 4.46. The van der Waals surface area contributed by atoms with Crippen LogP contribution >= 0.6 is 0 Å². The Hall–Kier alpha value is -2.06. The molecule has 1 fully saturated rings.